The first kappa shape index (κ1) is 29.5. The Hall–Kier alpha value is -2.04. The molecule has 1 heterocycles. The molecule has 2 aromatic rings. The number of halogens is 1. The van der Waals surface area contributed by atoms with Crippen LogP contribution in [0, 0.1) is 0 Å². The molecule has 3 rings (SSSR count). The van der Waals surface area contributed by atoms with Crippen LogP contribution < -0.4 is 4.74 Å². The Kier molecular flexibility index (Phi) is 12.8. The molecule has 0 bridgehead atoms. The molecule has 5 heteroatoms. The Morgan fingerprint density at radius 2 is 1.68 bits per heavy atom. The van der Waals surface area contributed by atoms with Gasteiger partial charge in [-0.3, -0.25) is 0 Å². The van der Waals surface area contributed by atoms with E-state index in [0.29, 0.717) is 11.5 Å². The largest absolute Gasteiger partial charge is 0.494 e. The number of aromatic carboxylic acids is 1. The summed E-state index contributed by atoms with van der Waals surface area (Å²) in [6.45, 7) is 5.20. The molecular formula is C32H45ClO4. The minimum atomic E-state index is -0.911. The molecule has 0 saturated carbocycles. The molecule has 0 aliphatic carbocycles. The Morgan fingerprint density at radius 1 is 0.973 bits per heavy atom. The van der Waals surface area contributed by atoms with Crippen LogP contribution in [0.25, 0.3) is 0 Å². The van der Waals surface area contributed by atoms with Gasteiger partial charge in [-0.15, -0.1) is 11.6 Å². The first-order chi connectivity index (χ1) is 18.1. The fourth-order valence-electron chi connectivity index (χ4n) is 5.32. The van der Waals surface area contributed by atoms with Crippen LogP contribution in [0.2, 0.25) is 0 Å². The molecule has 37 heavy (non-hydrogen) atoms. The summed E-state index contributed by atoms with van der Waals surface area (Å²) in [5, 5.41) is 9.51. The minimum absolute atomic E-state index is 0.176. The maximum absolute atomic E-state index is 11.6. The zero-order valence-electron chi connectivity index (χ0n) is 22.7. The number of benzene rings is 2. The molecule has 0 spiro atoms. The molecule has 1 aliphatic rings. The first-order valence-corrected chi connectivity index (χ1v) is 14.9. The number of carboxylic acid groups (broad SMARTS) is 1. The van der Waals surface area contributed by atoms with Gasteiger partial charge in [0.2, 0.25) is 0 Å². The second-order valence-corrected chi connectivity index (χ2v) is 10.6. The second kappa shape index (κ2) is 16.0. The van der Waals surface area contributed by atoms with Crippen molar-refractivity contribution >= 4 is 17.6 Å². The maximum atomic E-state index is 11.6. The number of carboxylic acids is 1. The summed E-state index contributed by atoms with van der Waals surface area (Å²) in [5.41, 5.74) is 3.37. The van der Waals surface area contributed by atoms with E-state index in [1.165, 1.54) is 50.5 Å². The summed E-state index contributed by atoms with van der Waals surface area (Å²) in [4.78, 5) is 11.6. The summed E-state index contributed by atoms with van der Waals surface area (Å²) >= 11 is 6.15. The van der Waals surface area contributed by atoms with Crippen LogP contribution in [0.5, 0.6) is 5.75 Å². The zero-order valence-corrected chi connectivity index (χ0v) is 23.5. The predicted molar refractivity (Wildman–Crippen MR) is 152 cm³/mol. The lowest BCUT2D eigenvalue weighted by atomic mass is 9.86. The molecule has 1 aliphatic heterocycles. The molecule has 1 saturated heterocycles. The van der Waals surface area contributed by atoms with E-state index in [0.717, 1.165) is 55.6 Å². The van der Waals surface area contributed by atoms with Crippen LogP contribution in [-0.2, 0) is 10.6 Å². The van der Waals surface area contributed by atoms with Crippen LogP contribution in [0.1, 0.15) is 130 Å². The van der Waals surface area contributed by atoms with Crippen LogP contribution in [0.4, 0.5) is 0 Å². The zero-order chi connectivity index (χ0) is 26.5. The number of alkyl halides is 1. The van der Waals surface area contributed by atoms with E-state index in [9.17, 15) is 9.90 Å². The van der Waals surface area contributed by atoms with Gasteiger partial charge in [-0.2, -0.15) is 0 Å². The van der Waals surface area contributed by atoms with E-state index in [1.807, 2.05) is 12.1 Å². The summed E-state index contributed by atoms with van der Waals surface area (Å²) in [5.74, 6) is 0.559. The van der Waals surface area contributed by atoms with Gasteiger partial charge in [0.1, 0.15) is 11.9 Å². The van der Waals surface area contributed by atoms with E-state index in [2.05, 4.69) is 38.1 Å². The molecule has 1 unspecified atom stereocenters. The van der Waals surface area contributed by atoms with Gasteiger partial charge in [0.25, 0.3) is 0 Å². The van der Waals surface area contributed by atoms with Crippen LogP contribution >= 0.6 is 11.6 Å². The standard InChI is InChI=1S/C32H45ClO4/c1-3-5-6-7-8-9-10-11-22-36-26-20-18-25(19-21-26)31-30(37-31)17-12-14-24(4-2)27-15-13-16-28(32(34)35)29(27)23-33/h13,15-16,18-21,24,30-31H,3-12,14,17,22-23H2,1-2H3,(H,34,35)/t24?,30-,31+/m0/s1. The third-order valence-corrected chi connectivity index (χ3v) is 7.88. The summed E-state index contributed by atoms with van der Waals surface area (Å²) in [6.07, 6.45) is 14.9. The normalized spacial score (nSPS) is 17.5. The quantitative estimate of drug-likeness (QED) is 0.112. The molecule has 2 aromatic carbocycles. The number of hydrogen-bond acceptors (Lipinski definition) is 3. The highest BCUT2D eigenvalue weighted by Crippen LogP contribution is 2.43. The highest BCUT2D eigenvalue weighted by Gasteiger charge is 2.39. The van der Waals surface area contributed by atoms with E-state index >= 15 is 0 Å². The average molecular weight is 529 g/mol. The van der Waals surface area contributed by atoms with Gasteiger partial charge in [0.05, 0.1) is 18.3 Å². The van der Waals surface area contributed by atoms with Crippen molar-refractivity contribution in [2.45, 2.75) is 115 Å². The van der Waals surface area contributed by atoms with Crippen molar-refractivity contribution in [1.29, 1.82) is 0 Å². The van der Waals surface area contributed by atoms with Crippen LogP contribution in [0.15, 0.2) is 42.5 Å². The number of ether oxygens (including phenoxy) is 2. The molecule has 0 amide bonds. The predicted octanol–water partition coefficient (Wildman–Crippen LogP) is 9.45. The monoisotopic (exact) mass is 528 g/mol. The van der Waals surface area contributed by atoms with E-state index < -0.39 is 5.97 Å². The molecule has 3 atom stereocenters. The summed E-state index contributed by atoms with van der Waals surface area (Å²) in [6, 6.07) is 13.9. The van der Waals surface area contributed by atoms with Gasteiger partial charge < -0.3 is 14.6 Å². The average Bonchev–Trinajstić information content (AvgIpc) is 3.69. The molecule has 4 nitrogen and oxygen atoms in total. The van der Waals surface area contributed by atoms with Gasteiger partial charge in [-0.05, 0) is 66.5 Å². The molecule has 1 fully saturated rings. The Labute approximate surface area is 228 Å². The number of rotatable bonds is 19. The van der Waals surface area contributed by atoms with Gasteiger partial charge in [0, 0.05) is 5.88 Å². The number of unbranched alkanes of at least 4 members (excludes halogenated alkanes) is 7. The Balaban J connectivity index is 1.36. The highest BCUT2D eigenvalue weighted by molar-refractivity contribution is 6.17. The lowest BCUT2D eigenvalue weighted by molar-refractivity contribution is 0.0695. The lowest BCUT2D eigenvalue weighted by Crippen LogP contribution is -2.08. The minimum Gasteiger partial charge on any atom is -0.494 e. The van der Waals surface area contributed by atoms with Crippen molar-refractivity contribution < 1.29 is 19.4 Å². The number of carbonyl (C=O) groups is 1. The first-order valence-electron chi connectivity index (χ1n) is 14.4. The van der Waals surface area contributed by atoms with Crippen LogP contribution in [0.3, 0.4) is 0 Å². The summed E-state index contributed by atoms with van der Waals surface area (Å²) in [7, 11) is 0. The molecule has 0 radical (unpaired) electrons. The van der Waals surface area contributed by atoms with Crippen molar-refractivity contribution in [2.75, 3.05) is 6.61 Å². The Morgan fingerprint density at radius 3 is 2.32 bits per heavy atom. The molecule has 1 N–H and O–H groups in total. The topological polar surface area (TPSA) is 59.1 Å². The number of epoxide rings is 1. The fourth-order valence-corrected chi connectivity index (χ4v) is 5.62. The summed E-state index contributed by atoms with van der Waals surface area (Å²) < 4.78 is 11.9. The van der Waals surface area contributed by atoms with Crippen molar-refractivity contribution in [1.82, 2.24) is 0 Å². The van der Waals surface area contributed by atoms with Gasteiger partial charge in [0.15, 0.2) is 0 Å². The van der Waals surface area contributed by atoms with Crippen molar-refractivity contribution in [2.24, 2.45) is 0 Å². The molecule has 204 valence electrons. The van der Waals surface area contributed by atoms with Crippen molar-refractivity contribution in [3.63, 3.8) is 0 Å². The fraction of sp³-hybridized carbons (Fsp3) is 0.594. The van der Waals surface area contributed by atoms with Crippen molar-refractivity contribution in [3.05, 3.63) is 64.7 Å². The van der Waals surface area contributed by atoms with Gasteiger partial charge in [-0.1, -0.05) is 89.5 Å². The SMILES string of the molecule is CCCCCCCCCCOc1ccc([C@H]2O[C@H]2CCCC(CC)c2cccc(C(=O)O)c2CCl)cc1. The third kappa shape index (κ3) is 9.33. The Bertz CT molecular complexity index is 942. The lowest BCUT2D eigenvalue weighted by Gasteiger charge is -2.19. The molecular weight excluding hydrogens is 484 g/mol. The second-order valence-electron chi connectivity index (χ2n) is 10.3. The van der Waals surface area contributed by atoms with Crippen molar-refractivity contribution in [3.8, 4) is 5.75 Å². The van der Waals surface area contributed by atoms with E-state index in [-0.39, 0.29) is 18.1 Å². The third-order valence-electron chi connectivity index (χ3n) is 7.61. The number of hydrogen-bond donors (Lipinski definition) is 1. The van der Waals surface area contributed by atoms with Crippen LogP contribution in [-0.4, -0.2) is 23.8 Å². The maximum Gasteiger partial charge on any atom is 0.336 e. The van der Waals surface area contributed by atoms with E-state index in [1.54, 1.807) is 6.07 Å². The smallest absolute Gasteiger partial charge is 0.336 e. The highest BCUT2D eigenvalue weighted by atomic mass is 35.5. The molecule has 0 aromatic heterocycles. The van der Waals surface area contributed by atoms with Gasteiger partial charge >= 0.3 is 5.97 Å². The van der Waals surface area contributed by atoms with E-state index in [4.69, 9.17) is 21.1 Å². The van der Waals surface area contributed by atoms with Gasteiger partial charge in [-0.25, -0.2) is 4.79 Å².